The number of rotatable bonds is 6. The summed E-state index contributed by atoms with van der Waals surface area (Å²) in [6.07, 6.45) is 2.60. The zero-order valence-electron chi connectivity index (χ0n) is 11.1. The molecule has 1 atom stereocenters. The molecule has 1 aliphatic carbocycles. The van der Waals surface area contributed by atoms with Crippen LogP contribution in [-0.4, -0.2) is 49.1 Å². The topological polar surface area (TPSA) is 44.4 Å². The Balaban J connectivity index is 2.30. The van der Waals surface area contributed by atoms with Crippen molar-refractivity contribution < 1.29 is 4.79 Å². The fraction of sp³-hybridized carbons (Fsp3) is 0.917. The normalized spacial score (nSPS) is 18.6. The molecule has 94 valence electrons. The summed E-state index contributed by atoms with van der Waals surface area (Å²) < 4.78 is 0. The third kappa shape index (κ3) is 3.46. The first-order valence-corrected chi connectivity index (χ1v) is 6.07. The summed E-state index contributed by atoms with van der Waals surface area (Å²) >= 11 is 0. The van der Waals surface area contributed by atoms with Gasteiger partial charge in [0, 0.05) is 18.6 Å². The highest BCUT2D eigenvalue weighted by Gasteiger charge is 2.30. The molecule has 0 aromatic carbocycles. The van der Waals surface area contributed by atoms with Gasteiger partial charge in [0.25, 0.3) is 0 Å². The molecule has 0 radical (unpaired) electrons. The minimum Gasteiger partial charge on any atom is -0.353 e. The highest BCUT2D eigenvalue weighted by Crippen LogP contribution is 2.26. The van der Waals surface area contributed by atoms with Crippen molar-refractivity contribution >= 4 is 5.91 Å². The lowest BCUT2D eigenvalue weighted by Crippen LogP contribution is -2.53. The minimum atomic E-state index is -0.488. The molecule has 1 rings (SSSR count). The van der Waals surface area contributed by atoms with Gasteiger partial charge in [-0.2, -0.15) is 0 Å². The average molecular weight is 227 g/mol. The zero-order chi connectivity index (χ0) is 12.3. The van der Waals surface area contributed by atoms with Gasteiger partial charge in [-0.1, -0.05) is 0 Å². The molecule has 2 N–H and O–H groups in total. The van der Waals surface area contributed by atoms with Crippen LogP contribution in [0.5, 0.6) is 0 Å². The van der Waals surface area contributed by atoms with Crippen LogP contribution in [0.15, 0.2) is 0 Å². The minimum absolute atomic E-state index is 0.0612. The van der Waals surface area contributed by atoms with Crippen molar-refractivity contribution in [2.24, 2.45) is 0 Å². The van der Waals surface area contributed by atoms with E-state index >= 15 is 0 Å². The highest BCUT2D eigenvalue weighted by atomic mass is 16.2. The first kappa shape index (κ1) is 13.5. The molecule has 0 heterocycles. The molecule has 0 spiro atoms. The molecule has 0 aliphatic heterocycles. The summed E-state index contributed by atoms with van der Waals surface area (Å²) in [5, 5.41) is 6.00. The lowest BCUT2D eigenvalue weighted by atomic mass is 10.1. The number of hydrogen-bond donors (Lipinski definition) is 2. The van der Waals surface area contributed by atoms with Crippen LogP contribution in [0.2, 0.25) is 0 Å². The van der Waals surface area contributed by atoms with Crippen LogP contribution >= 0.6 is 0 Å². The molecule has 4 nitrogen and oxygen atoms in total. The van der Waals surface area contributed by atoms with E-state index in [1.165, 1.54) is 12.8 Å². The molecule has 0 saturated heterocycles. The Morgan fingerprint density at radius 1 is 1.50 bits per heavy atom. The number of carbonyl (C=O) groups is 1. The van der Waals surface area contributed by atoms with Crippen molar-refractivity contribution in [3.05, 3.63) is 0 Å². The van der Waals surface area contributed by atoms with Gasteiger partial charge in [0.15, 0.2) is 0 Å². The van der Waals surface area contributed by atoms with E-state index in [9.17, 15) is 4.79 Å². The van der Waals surface area contributed by atoms with E-state index in [4.69, 9.17) is 0 Å². The van der Waals surface area contributed by atoms with Gasteiger partial charge in [0.2, 0.25) is 5.91 Å². The third-order valence-corrected chi connectivity index (χ3v) is 3.57. The van der Waals surface area contributed by atoms with Gasteiger partial charge < -0.3 is 10.6 Å². The number of amides is 1. The Labute approximate surface area is 98.8 Å². The first-order chi connectivity index (χ1) is 7.38. The van der Waals surface area contributed by atoms with Gasteiger partial charge >= 0.3 is 0 Å². The molecular weight excluding hydrogens is 202 g/mol. The number of nitrogens with one attached hydrogen (secondary N) is 2. The van der Waals surface area contributed by atoms with Gasteiger partial charge in [-0.15, -0.1) is 0 Å². The quantitative estimate of drug-likeness (QED) is 0.698. The number of likely N-dealkylation sites (N-methyl/N-ethyl adjacent to an activating group) is 2. The van der Waals surface area contributed by atoms with Crippen molar-refractivity contribution in [1.82, 2.24) is 15.5 Å². The summed E-state index contributed by atoms with van der Waals surface area (Å²) in [5.74, 6) is 0.0612. The molecule has 16 heavy (non-hydrogen) atoms. The van der Waals surface area contributed by atoms with Crippen LogP contribution < -0.4 is 10.6 Å². The summed E-state index contributed by atoms with van der Waals surface area (Å²) in [7, 11) is 3.94. The molecule has 0 bridgehead atoms. The fourth-order valence-corrected chi connectivity index (χ4v) is 1.56. The van der Waals surface area contributed by atoms with Crippen molar-refractivity contribution in [2.75, 3.05) is 20.6 Å². The summed E-state index contributed by atoms with van der Waals surface area (Å²) in [4.78, 5) is 14.2. The predicted octanol–water partition coefficient (Wildman–Crippen LogP) is 0.583. The van der Waals surface area contributed by atoms with Crippen LogP contribution in [0, 0.1) is 0 Å². The highest BCUT2D eigenvalue weighted by molar-refractivity contribution is 5.85. The largest absolute Gasteiger partial charge is 0.353 e. The second-order valence-electron chi connectivity index (χ2n) is 5.33. The van der Waals surface area contributed by atoms with E-state index in [1.807, 2.05) is 13.8 Å². The van der Waals surface area contributed by atoms with Crippen molar-refractivity contribution in [3.8, 4) is 0 Å². The number of nitrogens with zero attached hydrogens (tertiary/aromatic N) is 1. The maximum atomic E-state index is 11.8. The Morgan fingerprint density at radius 3 is 2.50 bits per heavy atom. The Kier molecular flexibility index (Phi) is 4.33. The molecular formula is C12H25N3O. The van der Waals surface area contributed by atoms with Crippen molar-refractivity contribution in [3.63, 3.8) is 0 Å². The third-order valence-electron chi connectivity index (χ3n) is 3.57. The van der Waals surface area contributed by atoms with Gasteiger partial charge in [0.1, 0.15) is 0 Å². The van der Waals surface area contributed by atoms with Crippen LogP contribution in [0.25, 0.3) is 0 Å². The van der Waals surface area contributed by atoms with Crippen molar-refractivity contribution in [1.29, 1.82) is 0 Å². The molecule has 0 aromatic heterocycles. The summed E-state index contributed by atoms with van der Waals surface area (Å²) in [6, 6.07) is 1.15. The molecule has 0 aromatic rings. The van der Waals surface area contributed by atoms with Crippen molar-refractivity contribution in [2.45, 2.75) is 51.2 Å². The average Bonchev–Trinajstić information content (AvgIpc) is 3.07. The van der Waals surface area contributed by atoms with Gasteiger partial charge in [-0.3, -0.25) is 9.69 Å². The molecule has 1 fully saturated rings. The van der Waals surface area contributed by atoms with E-state index in [0.717, 1.165) is 12.6 Å². The number of hydrogen-bond acceptors (Lipinski definition) is 3. The molecule has 1 unspecified atom stereocenters. The molecule has 4 heteroatoms. The smallest absolute Gasteiger partial charge is 0.239 e. The van der Waals surface area contributed by atoms with E-state index in [2.05, 4.69) is 29.5 Å². The van der Waals surface area contributed by atoms with Crippen LogP contribution in [0.3, 0.4) is 0 Å². The fourth-order valence-electron chi connectivity index (χ4n) is 1.56. The molecule has 1 amide bonds. The zero-order valence-corrected chi connectivity index (χ0v) is 11.1. The lowest BCUT2D eigenvalue weighted by Gasteiger charge is -2.28. The van der Waals surface area contributed by atoms with Gasteiger partial charge in [0.05, 0.1) is 5.54 Å². The van der Waals surface area contributed by atoms with E-state index in [-0.39, 0.29) is 5.91 Å². The summed E-state index contributed by atoms with van der Waals surface area (Å²) in [6.45, 7) is 6.65. The Hall–Kier alpha value is -0.610. The lowest BCUT2D eigenvalue weighted by molar-refractivity contribution is -0.126. The summed E-state index contributed by atoms with van der Waals surface area (Å²) in [5.41, 5.74) is -0.488. The molecule has 1 aliphatic rings. The SMILES string of the molecule is CNC(C)(C)C(=O)NCC(C)N(C)C1CC1. The van der Waals surface area contributed by atoms with E-state index in [1.54, 1.807) is 7.05 Å². The van der Waals surface area contributed by atoms with Gasteiger partial charge in [-0.25, -0.2) is 0 Å². The predicted molar refractivity (Wildman–Crippen MR) is 66.4 cm³/mol. The van der Waals surface area contributed by atoms with Crippen LogP contribution in [0.4, 0.5) is 0 Å². The maximum Gasteiger partial charge on any atom is 0.239 e. The second-order valence-corrected chi connectivity index (χ2v) is 5.33. The Morgan fingerprint density at radius 2 is 2.06 bits per heavy atom. The maximum absolute atomic E-state index is 11.8. The monoisotopic (exact) mass is 227 g/mol. The van der Waals surface area contributed by atoms with E-state index in [0.29, 0.717) is 6.04 Å². The van der Waals surface area contributed by atoms with Crippen LogP contribution in [-0.2, 0) is 4.79 Å². The van der Waals surface area contributed by atoms with E-state index < -0.39 is 5.54 Å². The van der Waals surface area contributed by atoms with Gasteiger partial charge in [-0.05, 0) is 47.7 Å². The second kappa shape index (κ2) is 5.15. The number of carbonyl (C=O) groups excluding carboxylic acids is 1. The van der Waals surface area contributed by atoms with Crippen LogP contribution in [0.1, 0.15) is 33.6 Å². The standard InChI is InChI=1S/C12H25N3O/c1-9(15(5)10-6-7-10)8-14-11(16)12(2,3)13-4/h9-10,13H,6-8H2,1-5H3,(H,14,16). The molecule has 1 saturated carbocycles. The first-order valence-electron chi connectivity index (χ1n) is 6.07. The Bertz CT molecular complexity index is 249.